The van der Waals surface area contributed by atoms with Crippen LogP contribution < -0.4 is 16.4 Å². The summed E-state index contributed by atoms with van der Waals surface area (Å²) in [5.41, 5.74) is 8.13. The van der Waals surface area contributed by atoms with Gasteiger partial charge in [0, 0.05) is 5.69 Å². The lowest BCUT2D eigenvalue weighted by Crippen LogP contribution is -2.09. The molecule has 27 heavy (non-hydrogen) atoms. The molecule has 3 aromatic rings. The highest BCUT2D eigenvalue weighted by Crippen LogP contribution is 2.32. The summed E-state index contributed by atoms with van der Waals surface area (Å²) in [5.74, 6) is -0.994. The van der Waals surface area contributed by atoms with Gasteiger partial charge >= 0.3 is 5.69 Å². The van der Waals surface area contributed by atoms with E-state index in [9.17, 15) is 14.5 Å². The van der Waals surface area contributed by atoms with Gasteiger partial charge in [0.2, 0.25) is 17.6 Å². The van der Waals surface area contributed by atoms with Crippen LogP contribution in [0.4, 0.5) is 39.0 Å². The number of aryl methyl sites for hydroxylation is 2. The zero-order chi connectivity index (χ0) is 19.6. The summed E-state index contributed by atoms with van der Waals surface area (Å²) in [6, 6.07) is 11.4. The fourth-order valence-electron chi connectivity index (χ4n) is 2.43. The largest absolute Gasteiger partial charge is 0.378 e. The molecule has 0 saturated heterocycles. The smallest absolute Gasteiger partial charge is 0.353 e. The zero-order valence-corrected chi connectivity index (χ0v) is 14.7. The Morgan fingerprint density at radius 2 is 1.81 bits per heavy atom. The van der Waals surface area contributed by atoms with Crippen molar-refractivity contribution in [2.75, 3.05) is 16.4 Å². The Bertz CT molecular complexity index is 1020. The minimum absolute atomic E-state index is 0.0606. The predicted octanol–water partition coefficient (Wildman–Crippen LogP) is 4.21. The van der Waals surface area contributed by atoms with Crippen molar-refractivity contribution in [3.8, 4) is 0 Å². The summed E-state index contributed by atoms with van der Waals surface area (Å²) < 4.78 is 13.8. The van der Waals surface area contributed by atoms with E-state index in [0.29, 0.717) is 5.69 Å². The molecule has 1 heterocycles. The highest BCUT2D eigenvalue weighted by molar-refractivity contribution is 5.75. The number of benzene rings is 2. The van der Waals surface area contributed by atoms with E-state index in [1.54, 1.807) is 12.1 Å². The fraction of sp³-hybridized carbons (Fsp3) is 0.111. The Balaban J connectivity index is 2.02. The molecule has 0 atom stereocenters. The van der Waals surface area contributed by atoms with Gasteiger partial charge in [-0.1, -0.05) is 18.2 Å². The number of nitro groups is 1. The number of aromatic nitrogens is 2. The van der Waals surface area contributed by atoms with E-state index in [0.717, 1.165) is 11.1 Å². The number of para-hydroxylation sites is 1. The lowest BCUT2D eigenvalue weighted by Gasteiger charge is -2.12. The molecule has 138 valence electrons. The Morgan fingerprint density at radius 3 is 2.48 bits per heavy atom. The number of nitrogens with two attached hydrogens (primary N) is 1. The van der Waals surface area contributed by atoms with Crippen LogP contribution in [0.5, 0.6) is 0 Å². The van der Waals surface area contributed by atoms with Crippen LogP contribution in [0.1, 0.15) is 11.1 Å². The van der Waals surface area contributed by atoms with Gasteiger partial charge in [-0.3, -0.25) is 10.1 Å². The molecule has 0 saturated carbocycles. The first kappa shape index (κ1) is 18.1. The third kappa shape index (κ3) is 3.92. The van der Waals surface area contributed by atoms with E-state index in [-0.39, 0.29) is 23.3 Å². The minimum atomic E-state index is -0.661. The van der Waals surface area contributed by atoms with Crippen LogP contribution >= 0.6 is 0 Å². The third-order valence-corrected chi connectivity index (χ3v) is 3.98. The Kier molecular flexibility index (Phi) is 4.84. The normalized spacial score (nSPS) is 10.5. The van der Waals surface area contributed by atoms with E-state index in [2.05, 4.69) is 20.6 Å². The first-order valence-corrected chi connectivity index (χ1v) is 8.03. The van der Waals surface area contributed by atoms with E-state index in [1.807, 2.05) is 26.0 Å². The number of hydrogen-bond donors (Lipinski definition) is 3. The quantitative estimate of drug-likeness (QED) is 0.456. The summed E-state index contributed by atoms with van der Waals surface area (Å²) in [6.07, 6.45) is 0. The molecule has 8 nitrogen and oxygen atoms in total. The molecule has 0 fully saturated rings. The number of rotatable bonds is 5. The number of nitrogens with one attached hydrogen (secondary N) is 2. The molecule has 0 aliphatic heterocycles. The molecule has 3 rings (SSSR count). The van der Waals surface area contributed by atoms with Gasteiger partial charge in [0.15, 0.2) is 0 Å². The highest BCUT2D eigenvalue weighted by Gasteiger charge is 2.23. The van der Waals surface area contributed by atoms with Gasteiger partial charge in [0.1, 0.15) is 5.82 Å². The second-order valence-electron chi connectivity index (χ2n) is 5.92. The van der Waals surface area contributed by atoms with Gasteiger partial charge in [0.25, 0.3) is 0 Å². The van der Waals surface area contributed by atoms with Crippen molar-refractivity contribution < 1.29 is 9.31 Å². The van der Waals surface area contributed by atoms with Crippen molar-refractivity contribution in [3.05, 3.63) is 69.5 Å². The summed E-state index contributed by atoms with van der Waals surface area (Å²) in [4.78, 5) is 18.7. The minimum Gasteiger partial charge on any atom is -0.378 e. The van der Waals surface area contributed by atoms with Crippen molar-refractivity contribution in [1.29, 1.82) is 0 Å². The second-order valence-corrected chi connectivity index (χ2v) is 5.92. The molecule has 1 aromatic heterocycles. The van der Waals surface area contributed by atoms with Gasteiger partial charge in [-0.2, -0.15) is 9.97 Å². The number of hydrogen-bond acceptors (Lipinski definition) is 7. The van der Waals surface area contributed by atoms with E-state index >= 15 is 0 Å². The number of nitrogen functional groups attached to an aromatic ring is 1. The van der Waals surface area contributed by atoms with Crippen LogP contribution in [0.3, 0.4) is 0 Å². The average Bonchev–Trinajstić information content (AvgIpc) is 2.59. The molecule has 0 amide bonds. The van der Waals surface area contributed by atoms with Crippen LogP contribution in [0, 0.1) is 29.8 Å². The second kappa shape index (κ2) is 7.24. The number of halogens is 1. The van der Waals surface area contributed by atoms with Gasteiger partial charge in [-0.15, -0.1) is 0 Å². The molecule has 9 heteroatoms. The maximum atomic E-state index is 13.8. The van der Waals surface area contributed by atoms with Gasteiger partial charge in [-0.25, -0.2) is 4.39 Å². The molecule has 0 aliphatic rings. The van der Waals surface area contributed by atoms with Crippen LogP contribution in [0.2, 0.25) is 0 Å². The molecular formula is C18H17FN6O2. The van der Waals surface area contributed by atoms with Crippen LogP contribution in [0.15, 0.2) is 42.5 Å². The van der Waals surface area contributed by atoms with Crippen molar-refractivity contribution in [1.82, 2.24) is 9.97 Å². The van der Waals surface area contributed by atoms with Crippen molar-refractivity contribution in [2.24, 2.45) is 0 Å². The van der Waals surface area contributed by atoms with E-state index < -0.39 is 16.4 Å². The number of nitrogens with zero attached hydrogens (tertiary/aromatic N) is 3. The van der Waals surface area contributed by atoms with Gasteiger partial charge in [-0.05, 0) is 49.2 Å². The molecular weight excluding hydrogens is 351 g/mol. The third-order valence-electron chi connectivity index (χ3n) is 3.98. The first-order valence-electron chi connectivity index (χ1n) is 8.03. The lowest BCUT2D eigenvalue weighted by molar-refractivity contribution is -0.383. The highest BCUT2D eigenvalue weighted by atomic mass is 19.1. The van der Waals surface area contributed by atoms with Crippen molar-refractivity contribution in [2.45, 2.75) is 13.8 Å². The van der Waals surface area contributed by atoms with E-state index in [1.165, 1.54) is 18.2 Å². The summed E-state index contributed by atoms with van der Waals surface area (Å²) in [5, 5.41) is 17.0. The van der Waals surface area contributed by atoms with Crippen LogP contribution in [-0.2, 0) is 0 Å². The molecule has 0 aliphatic carbocycles. The first-order chi connectivity index (χ1) is 12.8. The summed E-state index contributed by atoms with van der Waals surface area (Å²) in [7, 11) is 0. The zero-order valence-electron chi connectivity index (χ0n) is 14.7. The molecule has 0 radical (unpaired) electrons. The Hall–Kier alpha value is -3.75. The average molecular weight is 368 g/mol. The number of anilines is 5. The van der Waals surface area contributed by atoms with Gasteiger partial charge < -0.3 is 16.4 Å². The molecule has 0 spiro atoms. The van der Waals surface area contributed by atoms with Gasteiger partial charge in [0.05, 0.1) is 10.6 Å². The topological polar surface area (TPSA) is 119 Å². The maximum absolute atomic E-state index is 13.8. The standard InChI is InChI=1S/C18H17FN6O2/c1-10-7-8-12(9-11(10)2)21-17-15(25(26)27)16(20)23-18(24-17)22-14-6-4-3-5-13(14)19/h3-9H,1-2H3,(H4,20,21,22,23,24). The van der Waals surface area contributed by atoms with E-state index in [4.69, 9.17) is 5.73 Å². The predicted molar refractivity (Wildman–Crippen MR) is 102 cm³/mol. The maximum Gasteiger partial charge on any atom is 0.353 e. The molecule has 0 bridgehead atoms. The fourth-order valence-corrected chi connectivity index (χ4v) is 2.43. The van der Waals surface area contributed by atoms with Crippen molar-refractivity contribution in [3.63, 3.8) is 0 Å². The van der Waals surface area contributed by atoms with Crippen molar-refractivity contribution >= 4 is 34.6 Å². The Morgan fingerprint density at radius 1 is 1.07 bits per heavy atom. The molecule has 2 aromatic carbocycles. The summed E-state index contributed by atoms with van der Waals surface area (Å²) in [6.45, 7) is 3.88. The SMILES string of the molecule is Cc1ccc(Nc2nc(Nc3ccccc3F)nc(N)c2[N+](=O)[O-])cc1C. The monoisotopic (exact) mass is 368 g/mol. The van der Waals surface area contributed by atoms with Crippen LogP contribution in [-0.4, -0.2) is 14.9 Å². The molecule has 0 unspecified atom stereocenters. The lowest BCUT2D eigenvalue weighted by atomic mass is 10.1. The van der Waals surface area contributed by atoms with Crippen LogP contribution in [0.25, 0.3) is 0 Å². The molecule has 4 N–H and O–H groups in total. The summed E-state index contributed by atoms with van der Waals surface area (Å²) >= 11 is 0. The Labute approximate surface area is 154 Å².